The van der Waals surface area contributed by atoms with Crippen molar-refractivity contribution in [2.75, 3.05) is 18.4 Å². The average molecular weight is 356 g/mol. The Hall–Kier alpha value is -1.53. The topological polar surface area (TPSA) is 63.7 Å². The Morgan fingerprint density at radius 1 is 1.46 bits per heavy atom. The number of carbonyl (C=O) groups excluding carboxylic acids is 1. The number of nitrogens with zero attached hydrogens (tertiary/aromatic N) is 2. The molecule has 0 aromatic carbocycles. The van der Waals surface area contributed by atoms with Crippen LogP contribution >= 0.6 is 11.6 Å². The van der Waals surface area contributed by atoms with Crippen molar-refractivity contribution in [1.29, 1.82) is 0 Å². The first-order valence-electron chi connectivity index (χ1n) is 8.16. The van der Waals surface area contributed by atoms with Crippen LogP contribution in [0.1, 0.15) is 34.6 Å². The van der Waals surface area contributed by atoms with E-state index in [1.807, 2.05) is 34.6 Å². The third kappa shape index (κ3) is 5.24. The maximum Gasteiger partial charge on any atom is 0.410 e. The lowest BCUT2D eigenvalue weighted by molar-refractivity contribution is -0.100. The zero-order chi connectivity index (χ0) is 17.9. The quantitative estimate of drug-likeness (QED) is 0.898. The fraction of sp³-hybridized carbons (Fsp3) is 0.647. The van der Waals surface area contributed by atoms with Gasteiger partial charge in [0.25, 0.3) is 0 Å². The number of pyridine rings is 1. The third-order valence-corrected chi connectivity index (χ3v) is 3.91. The second-order valence-electron chi connectivity index (χ2n) is 7.09. The van der Waals surface area contributed by atoms with Gasteiger partial charge in [-0.05, 0) is 46.8 Å². The number of carbonyl (C=O) groups is 1. The fourth-order valence-electron chi connectivity index (χ4n) is 2.66. The van der Waals surface area contributed by atoms with Crippen LogP contribution in [0.25, 0.3) is 0 Å². The van der Waals surface area contributed by atoms with Gasteiger partial charge in [-0.25, -0.2) is 9.78 Å². The van der Waals surface area contributed by atoms with Gasteiger partial charge in [-0.3, -0.25) is 4.90 Å². The molecule has 1 aliphatic heterocycles. The summed E-state index contributed by atoms with van der Waals surface area (Å²) in [6.45, 7) is 10.5. The maximum absolute atomic E-state index is 12.6. The molecule has 1 amide bonds. The van der Waals surface area contributed by atoms with Gasteiger partial charge in [0.05, 0.1) is 29.8 Å². The van der Waals surface area contributed by atoms with Crippen LogP contribution in [0.2, 0.25) is 5.02 Å². The summed E-state index contributed by atoms with van der Waals surface area (Å²) >= 11 is 5.85. The highest BCUT2D eigenvalue weighted by Crippen LogP contribution is 2.22. The van der Waals surface area contributed by atoms with Crippen molar-refractivity contribution in [2.45, 2.75) is 58.5 Å². The minimum atomic E-state index is -0.530. The van der Waals surface area contributed by atoms with Gasteiger partial charge in [-0.1, -0.05) is 11.6 Å². The van der Waals surface area contributed by atoms with Crippen LogP contribution < -0.4 is 5.32 Å². The lowest BCUT2D eigenvalue weighted by Crippen LogP contribution is -2.58. The average Bonchev–Trinajstić information content (AvgIpc) is 2.45. The molecule has 0 bridgehead atoms. The van der Waals surface area contributed by atoms with E-state index in [1.165, 1.54) is 0 Å². The molecule has 7 heteroatoms. The number of anilines is 1. The van der Waals surface area contributed by atoms with Crippen molar-refractivity contribution in [3.8, 4) is 0 Å². The molecule has 2 rings (SSSR count). The van der Waals surface area contributed by atoms with Gasteiger partial charge >= 0.3 is 6.09 Å². The van der Waals surface area contributed by atoms with Crippen molar-refractivity contribution < 1.29 is 14.3 Å². The van der Waals surface area contributed by atoms with Gasteiger partial charge < -0.3 is 14.8 Å². The Morgan fingerprint density at radius 2 is 2.17 bits per heavy atom. The summed E-state index contributed by atoms with van der Waals surface area (Å²) in [6.07, 6.45) is 1.12. The molecule has 0 aliphatic carbocycles. The minimum Gasteiger partial charge on any atom is -0.444 e. The molecule has 24 heavy (non-hydrogen) atoms. The first kappa shape index (κ1) is 18.8. The number of amides is 1. The first-order valence-corrected chi connectivity index (χ1v) is 8.54. The lowest BCUT2D eigenvalue weighted by atomic mass is 10.1. The minimum absolute atomic E-state index is 0.0302. The SMILES string of the molecule is C[C@@H]1O[C@@H](C)CN(C(=O)OC(C)(C)C)[C@@H]1CNc1ccc(Cl)cn1. The highest BCUT2D eigenvalue weighted by molar-refractivity contribution is 6.30. The van der Waals surface area contributed by atoms with Gasteiger partial charge in [0.15, 0.2) is 0 Å². The molecule has 1 aliphatic rings. The van der Waals surface area contributed by atoms with E-state index in [4.69, 9.17) is 21.1 Å². The van der Waals surface area contributed by atoms with Crippen LogP contribution in [-0.2, 0) is 9.47 Å². The molecule has 1 aromatic rings. The number of aromatic nitrogens is 1. The summed E-state index contributed by atoms with van der Waals surface area (Å²) in [5.41, 5.74) is -0.530. The number of halogens is 1. The molecule has 2 heterocycles. The normalized spacial score (nSPS) is 24.6. The fourth-order valence-corrected chi connectivity index (χ4v) is 2.77. The Balaban J connectivity index is 2.07. The number of hydrogen-bond donors (Lipinski definition) is 1. The van der Waals surface area contributed by atoms with Crippen molar-refractivity contribution in [2.24, 2.45) is 0 Å². The molecular formula is C17H26ClN3O3. The van der Waals surface area contributed by atoms with Crippen molar-refractivity contribution in [1.82, 2.24) is 9.88 Å². The number of rotatable bonds is 3. The van der Waals surface area contributed by atoms with Crippen molar-refractivity contribution >= 4 is 23.5 Å². The molecule has 1 saturated heterocycles. The summed E-state index contributed by atoms with van der Waals surface area (Å²) in [5.74, 6) is 0.703. The Bertz CT molecular complexity index is 559. The first-order chi connectivity index (χ1) is 11.2. The van der Waals surface area contributed by atoms with E-state index in [1.54, 1.807) is 23.2 Å². The van der Waals surface area contributed by atoms with E-state index in [9.17, 15) is 4.79 Å². The molecule has 1 N–H and O–H groups in total. The monoisotopic (exact) mass is 355 g/mol. The Kier molecular flexibility index (Phi) is 5.93. The maximum atomic E-state index is 12.6. The van der Waals surface area contributed by atoms with Crippen molar-refractivity contribution in [3.63, 3.8) is 0 Å². The Morgan fingerprint density at radius 3 is 2.75 bits per heavy atom. The molecule has 0 spiro atoms. The van der Waals surface area contributed by atoms with Crippen LogP contribution in [0.3, 0.4) is 0 Å². The third-order valence-electron chi connectivity index (χ3n) is 3.69. The zero-order valence-corrected chi connectivity index (χ0v) is 15.6. The van der Waals surface area contributed by atoms with Gasteiger partial charge in [-0.15, -0.1) is 0 Å². The van der Waals surface area contributed by atoms with E-state index in [2.05, 4.69) is 10.3 Å². The number of morpholine rings is 1. The predicted molar refractivity (Wildman–Crippen MR) is 94.5 cm³/mol. The van der Waals surface area contributed by atoms with E-state index in [0.29, 0.717) is 23.9 Å². The van der Waals surface area contributed by atoms with Crippen LogP contribution in [-0.4, -0.2) is 52.9 Å². The van der Waals surface area contributed by atoms with Crippen LogP contribution in [0.4, 0.5) is 10.6 Å². The highest BCUT2D eigenvalue weighted by Gasteiger charge is 2.37. The standard InChI is InChI=1S/C17H26ClN3O3/c1-11-10-21(16(22)24-17(3,4)5)14(12(2)23-11)9-20-15-7-6-13(18)8-19-15/h6-8,11-12,14H,9-10H2,1-5H3,(H,19,20)/t11-,12-,14+/m0/s1. The molecule has 6 nitrogen and oxygen atoms in total. The molecule has 1 fully saturated rings. The van der Waals surface area contributed by atoms with Gasteiger partial charge in [0.2, 0.25) is 0 Å². The molecule has 1 aromatic heterocycles. The number of hydrogen-bond acceptors (Lipinski definition) is 5. The molecule has 0 saturated carbocycles. The molecule has 0 unspecified atom stereocenters. The second-order valence-corrected chi connectivity index (χ2v) is 7.53. The van der Waals surface area contributed by atoms with E-state index < -0.39 is 5.60 Å². The van der Waals surface area contributed by atoms with E-state index in [-0.39, 0.29) is 24.3 Å². The second kappa shape index (κ2) is 7.57. The highest BCUT2D eigenvalue weighted by atomic mass is 35.5. The molecular weight excluding hydrogens is 330 g/mol. The lowest BCUT2D eigenvalue weighted by Gasteiger charge is -2.43. The smallest absolute Gasteiger partial charge is 0.410 e. The zero-order valence-electron chi connectivity index (χ0n) is 14.9. The van der Waals surface area contributed by atoms with E-state index >= 15 is 0 Å². The van der Waals surface area contributed by atoms with Crippen LogP contribution in [0.5, 0.6) is 0 Å². The molecule has 0 radical (unpaired) electrons. The molecule has 3 atom stereocenters. The predicted octanol–water partition coefficient (Wildman–Crippen LogP) is 3.56. The summed E-state index contributed by atoms with van der Waals surface area (Å²) < 4.78 is 11.4. The van der Waals surface area contributed by atoms with Gasteiger partial charge in [-0.2, -0.15) is 0 Å². The van der Waals surface area contributed by atoms with Gasteiger partial charge in [0.1, 0.15) is 11.4 Å². The molecule has 134 valence electrons. The largest absolute Gasteiger partial charge is 0.444 e. The number of ether oxygens (including phenoxy) is 2. The van der Waals surface area contributed by atoms with E-state index in [0.717, 1.165) is 0 Å². The number of nitrogens with one attached hydrogen (secondary N) is 1. The van der Waals surface area contributed by atoms with Crippen LogP contribution in [0.15, 0.2) is 18.3 Å². The summed E-state index contributed by atoms with van der Waals surface area (Å²) in [6, 6.07) is 3.43. The van der Waals surface area contributed by atoms with Crippen molar-refractivity contribution in [3.05, 3.63) is 23.4 Å². The summed E-state index contributed by atoms with van der Waals surface area (Å²) in [5, 5.41) is 3.82. The summed E-state index contributed by atoms with van der Waals surface area (Å²) in [7, 11) is 0. The summed E-state index contributed by atoms with van der Waals surface area (Å²) in [4.78, 5) is 18.5. The van der Waals surface area contributed by atoms with Gasteiger partial charge in [0, 0.05) is 12.7 Å². The Labute approximate surface area is 148 Å². The van der Waals surface area contributed by atoms with Crippen LogP contribution in [0, 0.1) is 0 Å².